The summed E-state index contributed by atoms with van der Waals surface area (Å²) >= 11 is 6.00. The summed E-state index contributed by atoms with van der Waals surface area (Å²) < 4.78 is 40.1. The van der Waals surface area contributed by atoms with Gasteiger partial charge >= 0.3 is 6.18 Å². The third-order valence-corrected chi connectivity index (χ3v) is 4.58. The summed E-state index contributed by atoms with van der Waals surface area (Å²) in [5.41, 5.74) is -0.319. The topological polar surface area (TPSA) is 34.0 Å². The van der Waals surface area contributed by atoms with Gasteiger partial charge in [0.25, 0.3) is 0 Å². The van der Waals surface area contributed by atoms with Crippen molar-refractivity contribution in [2.24, 2.45) is 5.92 Å². The zero-order chi connectivity index (χ0) is 17.2. The maximum Gasteiger partial charge on any atom is 0.417 e. The maximum atomic E-state index is 12.7. The van der Waals surface area contributed by atoms with Gasteiger partial charge < -0.3 is 4.57 Å². The van der Waals surface area contributed by atoms with Gasteiger partial charge in [-0.25, -0.2) is 4.98 Å². The molecule has 0 aliphatic carbocycles. The first-order chi connectivity index (χ1) is 11.4. The van der Waals surface area contributed by atoms with Crippen LogP contribution in [0, 0.1) is 5.92 Å². The standard InChI is InChI=1S/C16H18ClF3N4/c17-14-6-13(16(18,19)20)7-22-15(14)10-23-4-1-2-12(8-23)9-24-5-3-21-11-24/h3,5-7,11-12H,1-2,4,8-10H2. The number of imidazole rings is 1. The Bertz CT molecular complexity index is 672. The highest BCUT2D eigenvalue weighted by Crippen LogP contribution is 2.31. The van der Waals surface area contributed by atoms with Gasteiger partial charge in [-0.2, -0.15) is 13.2 Å². The van der Waals surface area contributed by atoms with Crippen molar-refractivity contribution in [1.82, 2.24) is 19.4 Å². The van der Waals surface area contributed by atoms with Crippen molar-refractivity contribution >= 4 is 11.6 Å². The minimum Gasteiger partial charge on any atom is -0.337 e. The van der Waals surface area contributed by atoms with Gasteiger partial charge in [-0.1, -0.05) is 11.6 Å². The van der Waals surface area contributed by atoms with Crippen LogP contribution in [-0.2, 0) is 19.3 Å². The van der Waals surface area contributed by atoms with E-state index in [0.29, 0.717) is 18.2 Å². The van der Waals surface area contributed by atoms with Crippen LogP contribution in [0.4, 0.5) is 13.2 Å². The number of likely N-dealkylation sites (tertiary alicyclic amines) is 1. The Morgan fingerprint density at radius 3 is 2.83 bits per heavy atom. The molecule has 0 amide bonds. The number of alkyl halides is 3. The van der Waals surface area contributed by atoms with E-state index in [4.69, 9.17) is 11.6 Å². The molecule has 24 heavy (non-hydrogen) atoms. The van der Waals surface area contributed by atoms with Gasteiger partial charge in [0.05, 0.1) is 22.6 Å². The van der Waals surface area contributed by atoms with Crippen LogP contribution in [0.15, 0.2) is 31.0 Å². The van der Waals surface area contributed by atoms with Crippen molar-refractivity contribution in [2.45, 2.75) is 32.1 Å². The lowest BCUT2D eigenvalue weighted by Gasteiger charge is -2.32. The van der Waals surface area contributed by atoms with Gasteiger partial charge in [0.15, 0.2) is 0 Å². The second-order valence-electron chi connectivity index (χ2n) is 6.15. The van der Waals surface area contributed by atoms with Gasteiger partial charge in [-0.05, 0) is 31.4 Å². The first-order valence-electron chi connectivity index (χ1n) is 7.81. The molecule has 0 radical (unpaired) electrons. The Morgan fingerprint density at radius 2 is 2.17 bits per heavy atom. The largest absolute Gasteiger partial charge is 0.417 e. The van der Waals surface area contributed by atoms with Crippen LogP contribution in [0.2, 0.25) is 5.02 Å². The van der Waals surface area contributed by atoms with Crippen molar-refractivity contribution in [3.8, 4) is 0 Å². The van der Waals surface area contributed by atoms with E-state index in [-0.39, 0.29) is 5.02 Å². The van der Waals surface area contributed by atoms with Crippen molar-refractivity contribution in [2.75, 3.05) is 13.1 Å². The first kappa shape index (κ1) is 17.2. The molecule has 3 heterocycles. The summed E-state index contributed by atoms with van der Waals surface area (Å²) in [5, 5.41) is 0.0709. The molecule has 1 aliphatic rings. The Labute approximate surface area is 143 Å². The van der Waals surface area contributed by atoms with Crippen molar-refractivity contribution in [3.63, 3.8) is 0 Å². The Hall–Kier alpha value is -1.60. The number of halogens is 4. The lowest BCUT2D eigenvalue weighted by atomic mass is 9.98. The van der Waals surface area contributed by atoms with E-state index in [2.05, 4.69) is 19.4 Å². The molecule has 2 aromatic heterocycles. The van der Waals surface area contributed by atoms with Crippen molar-refractivity contribution in [1.29, 1.82) is 0 Å². The molecular formula is C16H18ClF3N4. The molecule has 1 unspecified atom stereocenters. The summed E-state index contributed by atoms with van der Waals surface area (Å²) in [4.78, 5) is 10.2. The Balaban J connectivity index is 1.63. The lowest BCUT2D eigenvalue weighted by molar-refractivity contribution is -0.137. The third kappa shape index (κ3) is 4.27. The van der Waals surface area contributed by atoms with Crippen LogP contribution in [0.3, 0.4) is 0 Å². The average Bonchev–Trinajstić information content (AvgIpc) is 3.01. The fourth-order valence-corrected chi connectivity index (χ4v) is 3.31. The monoisotopic (exact) mass is 358 g/mol. The molecule has 130 valence electrons. The van der Waals surface area contributed by atoms with Gasteiger partial charge in [0.1, 0.15) is 0 Å². The first-order valence-corrected chi connectivity index (χ1v) is 8.19. The molecule has 1 atom stereocenters. The zero-order valence-corrected chi connectivity index (χ0v) is 13.8. The van der Waals surface area contributed by atoms with E-state index in [0.717, 1.165) is 44.7 Å². The van der Waals surface area contributed by atoms with E-state index >= 15 is 0 Å². The summed E-state index contributed by atoms with van der Waals surface area (Å²) in [6, 6.07) is 0.955. The number of hydrogen-bond acceptors (Lipinski definition) is 3. The molecular weight excluding hydrogens is 341 g/mol. The van der Waals surface area contributed by atoms with Gasteiger partial charge in [-0.3, -0.25) is 9.88 Å². The normalized spacial score (nSPS) is 19.6. The molecule has 1 fully saturated rings. The molecule has 4 nitrogen and oxygen atoms in total. The van der Waals surface area contributed by atoms with Gasteiger partial charge in [0.2, 0.25) is 0 Å². The zero-order valence-electron chi connectivity index (χ0n) is 13.0. The highest BCUT2D eigenvalue weighted by molar-refractivity contribution is 6.31. The molecule has 0 spiro atoms. The maximum absolute atomic E-state index is 12.7. The second-order valence-corrected chi connectivity index (χ2v) is 6.56. The lowest BCUT2D eigenvalue weighted by Crippen LogP contribution is -2.36. The molecule has 0 bridgehead atoms. The number of aromatic nitrogens is 3. The molecule has 0 aromatic carbocycles. The van der Waals surface area contributed by atoms with E-state index in [1.807, 2.05) is 6.20 Å². The molecule has 1 saturated heterocycles. The van der Waals surface area contributed by atoms with Crippen LogP contribution in [0.25, 0.3) is 0 Å². The van der Waals surface area contributed by atoms with Crippen molar-refractivity contribution < 1.29 is 13.2 Å². The minimum absolute atomic E-state index is 0.0709. The summed E-state index contributed by atoms with van der Waals surface area (Å²) in [7, 11) is 0. The molecule has 3 rings (SSSR count). The summed E-state index contributed by atoms with van der Waals surface area (Å²) in [5.74, 6) is 0.487. The quantitative estimate of drug-likeness (QED) is 0.832. The van der Waals surface area contributed by atoms with E-state index < -0.39 is 11.7 Å². The number of hydrogen-bond donors (Lipinski definition) is 0. The molecule has 0 N–H and O–H groups in total. The predicted octanol–water partition coefficient (Wildman–Crippen LogP) is 3.86. The number of piperidine rings is 1. The Kier molecular flexibility index (Phi) is 5.10. The van der Waals surface area contributed by atoms with Gasteiger partial charge in [-0.15, -0.1) is 0 Å². The third-order valence-electron chi connectivity index (χ3n) is 4.25. The number of rotatable bonds is 4. The van der Waals surface area contributed by atoms with E-state index in [1.54, 1.807) is 12.5 Å². The highest BCUT2D eigenvalue weighted by atomic mass is 35.5. The van der Waals surface area contributed by atoms with Crippen LogP contribution < -0.4 is 0 Å². The highest BCUT2D eigenvalue weighted by Gasteiger charge is 2.31. The minimum atomic E-state index is -4.42. The molecule has 2 aromatic rings. The van der Waals surface area contributed by atoms with Crippen LogP contribution >= 0.6 is 11.6 Å². The molecule has 1 aliphatic heterocycles. The van der Waals surface area contributed by atoms with Crippen LogP contribution in [0.5, 0.6) is 0 Å². The molecule has 8 heteroatoms. The number of nitrogens with zero attached hydrogens (tertiary/aromatic N) is 4. The number of pyridine rings is 1. The smallest absolute Gasteiger partial charge is 0.337 e. The fraction of sp³-hybridized carbons (Fsp3) is 0.500. The molecule has 0 saturated carbocycles. The van der Waals surface area contributed by atoms with Crippen LogP contribution in [0.1, 0.15) is 24.1 Å². The van der Waals surface area contributed by atoms with E-state index in [9.17, 15) is 13.2 Å². The van der Waals surface area contributed by atoms with Crippen LogP contribution in [-0.4, -0.2) is 32.5 Å². The van der Waals surface area contributed by atoms with E-state index in [1.165, 1.54) is 0 Å². The predicted molar refractivity (Wildman–Crippen MR) is 84.5 cm³/mol. The second kappa shape index (κ2) is 7.11. The summed E-state index contributed by atoms with van der Waals surface area (Å²) in [6.07, 6.45) is 4.11. The average molecular weight is 359 g/mol. The Morgan fingerprint density at radius 1 is 1.33 bits per heavy atom. The van der Waals surface area contributed by atoms with Crippen molar-refractivity contribution in [3.05, 3.63) is 47.3 Å². The summed E-state index contributed by atoms with van der Waals surface area (Å²) in [6.45, 7) is 3.14. The van der Waals surface area contributed by atoms with Gasteiger partial charge in [0, 0.05) is 38.2 Å². The SMILES string of the molecule is FC(F)(F)c1cnc(CN2CCCC(Cn3ccnc3)C2)c(Cl)c1. The fourth-order valence-electron chi connectivity index (χ4n) is 3.09.